The zero-order valence-electron chi connectivity index (χ0n) is 11.5. The Kier molecular flexibility index (Phi) is 2.42. The lowest BCUT2D eigenvalue weighted by Gasteiger charge is -2.18. The lowest BCUT2D eigenvalue weighted by atomic mass is 9.90. The summed E-state index contributed by atoms with van der Waals surface area (Å²) in [5.74, 6) is -0.239. The molecule has 4 rings (SSSR count). The van der Waals surface area contributed by atoms with Gasteiger partial charge in [0.2, 0.25) is 0 Å². The number of alkyl halides is 1. The van der Waals surface area contributed by atoms with Crippen LogP contribution in [0.25, 0.3) is 0 Å². The van der Waals surface area contributed by atoms with Gasteiger partial charge in [-0.2, -0.15) is 0 Å². The first-order valence-electron chi connectivity index (χ1n) is 6.95. The van der Waals surface area contributed by atoms with Crippen molar-refractivity contribution in [1.82, 2.24) is 0 Å². The zero-order valence-corrected chi connectivity index (χ0v) is 13.1. The van der Waals surface area contributed by atoms with Crippen molar-refractivity contribution in [3.8, 4) is 0 Å². The SMILES string of the molecule is C[C@@]1(c2ccccc2)[C@@H]2C(=O)c3ccccc3C(=O)[C@@]21Br. The van der Waals surface area contributed by atoms with Gasteiger partial charge in [-0.3, -0.25) is 9.59 Å². The predicted molar refractivity (Wildman–Crippen MR) is 84.0 cm³/mol. The van der Waals surface area contributed by atoms with Crippen LogP contribution in [0.5, 0.6) is 0 Å². The van der Waals surface area contributed by atoms with E-state index in [2.05, 4.69) is 15.9 Å². The quantitative estimate of drug-likeness (QED) is 0.740. The highest BCUT2D eigenvalue weighted by molar-refractivity contribution is 9.10. The highest BCUT2D eigenvalue weighted by Gasteiger charge is 2.81. The molecule has 2 aliphatic carbocycles. The molecule has 3 heteroatoms. The Balaban J connectivity index is 1.93. The third-order valence-corrected chi connectivity index (χ3v) is 6.69. The van der Waals surface area contributed by atoms with Crippen molar-refractivity contribution in [3.63, 3.8) is 0 Å². The maximum absolute atomic E-state index is 12.9. The van der Waals surface area contributed by atoms with Crippen LogP contribution in [0.1, 0.15) is 33.2 Å². The summed E-state index contributed by atoms with van der Waals surface area (Å²) in [6.07, 6.45) is 0. The van der Waals surface area contributed by atoms with Crippen LogP contribution in [0.3, 0.4) is 0 Å². The average molecular weight is 341 g/mol. The van der Waals surface area contributed by atoms with Crippen LogP contribution in [-0.2, 0) is 5.41 Å². The molecule has 0 aliphatic heterocycles. The number of Topliss-reactive ketones (excluding diaryl/α,β-unsaturated/α-hetero) is 2. The highest BCUT2D eigenvalue weighted by Crippen LogP contribution is 2.71. The fraction of sp³-hybridized carbons (Fsp3) is 0.222. The summed E-state index contributed by atoms with van der Waals surface area (Å²) in [7, 11) is 0. The molecule has 0 bridgehead atoms. The van der Waals surface area contributed by atoms with Crippen LogP contribution in [0, 0.1) is 5.92 Å². The van der Waals surface area contributed by atoms with E-state index in [4.69, 9.17) is 0 Å². The van der Waals surface area contributed by atoms with Gasteiger partial charge in [-0.05, 0) is 5.56 Å². The van der Waals surface area contributed by atoms with Gasteiger partial charge in [0.25, 0.3) is 0 Å². The van der Waals surface area contributed by atoms with E-state index in [1.807, 2.05) is 49.4 Å². The van der Waals surface area contributed by atoms with Crippen LogP contribution in [0.4, 0.5) is 0 Å². The van der Waals surface area contributed by atoms with Crippen molar-refractivity contribution in [2.45, 2.75) is 16.7 Å². The molecule has 3 atom stereocenters. The molecule has 0 heterocycles. The third kappa shape index (κ3) is 1.33. The standard InChI is InChI=1S/C18H13BrO2/c1-17(11-7-3-2-4-8-11)15-14(20)12-9-5-6-10-13(12)16(21)18(15,17)19/h2-10,15H,1H3/t15-,17+,18-/m0/s1. The molecule has 2 nitrogen and oxygen atoms in total. The van der Waals surface area contributed by atoms with Crippen molar-refractivity contribution in [3.05, 3.63) is 71.3 Å². The van der Waals surface area contributed by atoms with Gasteiger partial charge in [0, 0.05) is 16.5 Å². The first kappa shape index (κ1) is 13.0. The molecule has 1 saturated carbocycles. The average Bonchev–Trinajstić information content (AvgIpc) is 3.05. The second-order valence-electron chi connectivity index (χ2n) is 5.95. The molecule has 0 saturated heterocycles. The topological polar surface area (TPSA) is 34.1 Å². The van der Waals surface area contributed by atoms with Crippen LogP contribution < -0.4 is 0 Å². The fourth-order valence-corrected chi connectivity index (χ4v) is 5.02. The Morgan fingerprint density at radius 2 is 1.48 bits per heavy atom. The Hall–Kier alpha value is -1.74. The number of benzene rings is 2. The van der Waals surface area contributed by atoms with E-state index in [0.717, 1.165) is 5.56 Å². The zero-order chi connectivity index (χ0) is 14.8. The summed E-state index contributed by atoms with van der Waals surface area (Å²) >= 11 is 3.63. The summed E-state index contributed by atoms with van der Waals surface area (Å²) in [6.45, 7) is 2.00. The lowest BCUT2D eigenvalue weighted by molar-refractivity contribution is 0.0893. The van der Waals surface area contributed by atoms with Gasteiger partial charge < -0.3 is 0 Å². The summed E-state index contributed by atoms with van der Waals surface area (Å²) in [5, 5.41) is 0. The summed E-state index contributed by atoms with van der Waals surface area (Å²) in [6, 6.07) is 16.9. The molecule has 2 aromatic rings. The molecule has 0 unspecified atom stereocenters. The molecular formula is C18H13BrO2. The number of carbonyl (C=O) groups is 2. The molecule has 2 aliphatic rings. The molecule has 21 heavy (non-hydrogen) atoms. The normalized spacial score (nSPS) is 33.3. The highest BCUT2D eigenvalue weighted by atomic mass is 79.9. The molecule has 0 amide bonds. The second-order valence-corrected chi connectivity index (χ2v) is 7.20. The summed E-state index contributed by atoms with van der Waals surface area (Å²) in [4.78, 5) is 25.7. The number of ketones is 2. The molecule has 0 spiro atoms. The molecule has 104 valence electrons. The Morgan fingerprint density at radius 3 is 2.14 bits per heavy atom. The summed E-state index contributed by atoms with van der Waals surface area (Å²) < 4.78 is -0.799. The fourth-order valence-electron chi connectivity index (χ4n) is 3.79. The van der Waals surface area contributed by atoms with Gasteiger partial charge in [-0.25, -0.2) is 0 Å². The Morgan fingerprint density at radius 1 is 0.905 bits per heavy atom. The minimum absolute atomic E-state index is 0.0223. The van der Waals surface area contributed by atoms with Crippen LogP contribution in [-0.4, -0.2) is 15.9 Å². The van der Waals surface area contributed by atoms with Gasteiger partial charge in [-0.15, -0.1) is 0 Å². The minimum Gasteiger partial charge on any atom is -0.294 e. The van der Waals surface area contributed by atoms with E-state index in [-0.39, 0.29) is 17.5 Å². The number of rotatable bonds is 1. The van der Waals surface area contributed by atoms with Gasteiger partial charge in [-0.1, -0.05) is 77.5 Å². The van der Waals surface area contributed by atoms with Crippen LogP contribution in [0.15, 0.2) is 54.6 Å². The largest absolute Gasteiger partial charge is 0.294 e. The minimum atomic E-state index is -0.799. The molecule has 0 aromatic heterocycles. The van der Waals surface area contributed by atoms with Crippen molar-refractivity contribution >= 4 is 27.5 Å². The van der Waals surface area contributed by atoms with E-state index < -0.39 is 9.74 Å². The lowest BCUT2D eigenvalue weighted by Crippen LogP contribution is -2.30. The van der Waals surface area contributed by atoms with E-state index in [0.29, 0.717) is 11.1 Å². The maximum atomic E-state index is 12.9. The molecule has 0 N–H and O–H groups in total. The molecular weight excluding hydrogens is 328 g/mol. The van der Waals surface area contributed by atoms with Gasteiger partial charge in [0.15, 0.2) is 11.6 Å². The number of carbonyl (C=O) groups excluding carboxylic acids is 2. The van der Waals surface area contributed by atoms with Crippen molar-refractivity contribution < 1.29 is 9.59 Å². The van der Waals surface area contributed by atoms with Crippen molar-refractivity contribution in [2.24, 2.45) is 5.92 Å². The monoisotopic (exact) mass is 340 g/mol. The van der Waals surface area contributed by atoms with Crippen molar-refractivity contribution in [2.75, 3.05) is 0 Å². The maximum Gasteiger partial charge on any atom is 0.181 e. The predicted octanol–water partition coefficient (Wildman–Crippen LogP) is 3.79. The first-order valence-corrected chi connectivity index (χ1v) is 7.74. The van der Waals surface area contributed by atoms with Crippen LogP contribution in [0.2, 0.25) is 0 Å². The number of halogens is 1. The van der Waals surface area contributed by atoms with E-state index in [9.17, 15) is 9.59 Å². The first-order chi connectivity index (χ1) is 10.0. The van der Waals surface area contributed by atoms with E-state index in [1.54, 1.807) is 12.1 Å². The van der Waals surface area contributed by atoms with Gasteiger partial charge in [0.05, 0.1) is 5.92 Å². The van der Waals surface area contributed by atoms with Gasteiger partial charge in [0.1, 0.15) is 4.32 Å². The molecule has 2 aromatic carbocycles. The Bertz CT molecular complexity index is 783. The number of fused-ring (bicyclic) bond motifs is 2. The third-order valence-electron chi connectivity index (χ3n) is 5.05. The van der Waals surface area contributed by atoms with Gasteiger partial charge >= 0.3 is 0 Å². The van der Waals surface area contributed by atoms with Crippen molar-refractivity contribution in [1.29, 1.82) is 0 Å². The summed E-state index contributed by atoms with van der Waals surface area (Å²) in [5.41, 5.74) is 1.64. The van der Waals surface area contributed by atoms with E-state index in [1.165, 1.54) is 0 Å². The van der Waals surface area contributed by atoms with Crippen LogP contribution >= 0.6 is 15.9 Å². The number of hydrogen-bond donors (Lipinski definition) is 0. The smallest absolute Gasteiger partial charge is 0.181 e. The molecule has 0 radical (unpaired) electrons. The molecule has 1 fully saturated rings. The Labute approximate surface area is 131 Å². The second kappa shape index (κ2) is 3.92. The van der Waals surface area contributed by atoms with E-state index >= 15 is 0 Å². The number of hydrogen-bond acceptors (Lipinski definition) is 2.